The van der Waals surface area contributed by atoms with Crippen LogP contribution >= 0.6 is 15.9 Å². The summed E-state index contributed by atoms with van der Waals surface area (Å²) in [5, 5.41) is 3.34. The fourth-order valence-electron chi connectivity index (χ4n) is 1.30. The quantitative estimate of drug-likeness (QED) is 0.826. The van der Waals surface area contributed by atoms with Gasteiger partial charge < -0.3 is 10.1 Å². The molecule has 0 heterocycles. The maximum absolute atomic E-state index is 5.17. The molecule has 2 nitrogen and oxygen atoms in total. The molecule has 0 aromatic heterocycles. The van der Waals surface area contributed by atoms with E-state index in [-0.39, 0.29) is 0 Å². The highest BCUT2D eigenvalue weighted by atomic mass is 79.9. The molecule has 3 heteroatoms. The Bertz CT molecular complexity index is 336. The highest BCUT2D eigenvalue weighted by Crippen LogP contribution is 2.25. The number of ether oxygens (including phenoxy) is 1. The van der Waals surface area contributed by atoms with Crippen LogP contribution in [0.2, 0.25) is 0 Å². The van der Waals surface area contributed by atoms with Crippen LogP contribution in [-0.4, -0.2) is 13.7 Å². The minimum atomic E-state index is 0.611. The largest absolute Gasteiger partial charge is 0.381 e. The van der Waals surface area contributed by atoms with E-state index in [1.807, 2.05) is 25.1 Å². The highest BCUT2D eigenvalue weighted by molar-refractivity contribution is 9.10. The van der Waals surface area contributed by atoms with E-state index in [4.69, 9.17) is 4.74 Å². The van der Waals surface area contributed by atoms with E-state index in [1.165, 1.54) is 0 Å². The molecule has 1 N–H and O–H groups in total. The number of allylic oxidation sites excluding steroid dienone is 1. The maximum Gasteiger partial charge on any atom is 0.0744 e. The Balaban J connectivity index is 2.80. The molecule has 0 radical (unpaired) electrons. The Morgan fingerprint density at radius 3 is 2.93 bits per heavy atom. The van der Waals surface area contributed by atoms with Crippen LogP contribution in [0, 0.1) is 0 Å². The van der Waals surface area contributed by atoms with Crippen molar-refractivity contribution in [2.24, 2.45) is 0 Å². The summed E-state index contributed by atoms with van der Waals surface area (Å²) in [4.78, 5) is 0. The van der Waals surface area contributed by atoms with Gasteiger partial charge in [-0.2, -0.15) is 0 Å². The second-order valence-corrected chi connectivity index (χ2v) is 4.00. The van der Waals surface area contributed by atoms with Gasteiger partial charge in [0, 0.05) is 29.4 Å². The molecule has 0 aliphatic heterocycles. The second-order valence-electron chi connectivity index (χ2n) is 3.15. The summed E-state index contributed by atoms with van der Waals surface area (Å²) in [6.07, 6.45) is 4.11. The molecule has 0 saturated carbocycles. The molecule has 0 aliphatic rings. The van der Waals surface area contributed by atoms with E-state index in [0.717, 1.165) is 22.3 Å². The first-order valence-corrected chi connectivity index (χ1v) is 5.70. The second kappa shape index (κ2) is 6.64. The molecule has 0 amide bonds. The molecule has 0 fully saturated rings. The van der Waals surface area contributed by atoms with Crippen molar-refractivity contribution >= 4 is 21.6 Å². The summed E-state index contributed by atoms with van der Waals surface area (Å²) in [6.45, 7) is 3.46. The Morgan fingerprint density at radius 2 is 2.27 bits per heavy atom. The lowest BCUT2D eigenvalue weighted by molar-refractivity contribution is 0.185. The van der Waals surface area contributed by atoms with Crippen LogP contribution in [0.1, 0.15) is 12.5 Å². The molecule has 1 aromatic carbocycles. The van der Waals surface area contributed by atoms with Gasteiger partial charge >= 0.3 is 0 Å². The van der Waals surface area contributed by atoms with Crippen molar-refractivity contribution in [2.45, 2.75) is 13.5 Å². The number of anilines is 1. The first-order valence-electron chi connectivity index (χ1n) is 4.91. The summed E-state index contributed by atoms with van der Waals surface area (Å²) in [5.74, 6) is 0. The molecule has 1 rings (SSSR count). The lowest BCUT2D eigenvalue weighted by Crippen LogP contribution is -2.03. The van der Waals surface area contributed by atoms with Crippen molar-refractivity contribution in [1.82, 2.24) is 0 Å². The van der Waals surface area contributed by atoms with E-state index in [9.17, 15) is 0 Å². The Hall–Kier alpha value is -0.800. The molecule has 0 aliphatic carbocycles. The number of hydrogen-bond acceptors (Lipinski definition) is 2. The normalized spacial score (nSPS) is 10.9. The van der Waals surface area contributed by atoms with Gasteiger partial charge in [0.05, 0.1) is 6.61 Å². The van der Waals surface area contributed by atoms with Crippen molar-refractivity contribution in [2.75, 3.05) is 19.0 Å². The van der Waals surface area contributed by atoms with E-state index in [1.54, 1.807) is 7.11 Å². The Labute approximate surface area is 99.5 Å². The lowest BCUT2D eigenvalue weighted by Gasteiger charge is -2.11. The monoisotopic (exact) mass is 269 g/mol. The molecule has 1 aromatic rings. The smallest absolute Gasteiger partial charge is 0.0744 e. The van der Waals surface area contributed by atoms with Crippen molar-refractivity contribution in [3.05, 3.63) is 40.4 Å². The number of halogens is 1. The zero-order chi connectivity index (χ0) is 11.1. The van der Waals surface area contributed by atoms with Crippen LogP contribution in [0.15, 0.2) is 34.8 Å². The van der Waals surface area contributed by atoms with Gasteiger partial charge in [-0.3, -0.25) is 0 Å². The molecule has 0 bridgehead atoms. The molecule has 0 atom stereocenters. The lowest BCUT2D eigenvalue weighted by atomic mass is 10.2. The zero-order valence-electron chi connectivity index (χ0n) is 9.09. The summed E-state index contributed by atoms with van der Waals surface area (Å²) < 4.78 is 6.25. The van der Waals surface area contributed by atoms with Crippen molar-refractivity contribution in [3.8, 4) is 0 Å². The first-order chi connectivity index (χ1) is 7.29. The van der Waals surface area contributed by atoms with Gasteiger partial charge in [0.2, 0.25) is 0 Å². The van der Waals surface area contributed by atoms with E-state index < -0.39 is 0 Å². The van der Waals surface area contributed by atoms with Crippen LogP contribution in [0.4, 0.5) is 5.69 Å². The van der Waals surface area contributed by atoms with Gasteiger partial charge in [-0.1, -0.05) is 34.1 Å². The molecular weight excluding hydrogens is 254 g/mol. The fraction of sp³-hybridized carbons (Fsp3) is 0.333. The average Bonchev–Trinajstić information content (AvgIpc) is 2.23. The van der Waals surface area contributed by atoms with Crippen molar-refractivity contribution in [1.29, 1.82) is 0 Å². The number of hydrogen-bond donors (Lipinski definition) is 1. The van der Waals surface area contributed by atoms with Crippen LogP contribution < -0.4 is 5.32 Å². The summed E-state index contributed by atoms with van der Waals surface area (Å²) in [6, 6.07) is 6.10. The molecule has 0 saturated heterocycles. The van der Waals surface area contributed by atoms with Crippen molar-refractivity contribution < 1.29 is 4.74 Å². The van der Waals surface area contributed by atoms with Crippen molar-refractivity contribution in [3.63, 3.8) is 0 Å². The van der Waals surface area contributed by atoms with E-state index in [0.29, 0.717) is 6.61 Å². The van der Waals surface area contributed by atoms with Crippen LogP contribution in [0.5, 0.6) is 0 Å². The molecule has 0 spiro atoms. The summed E-state index contributed by atoms with van der Waals surface area (Å²) in [7, 11) is 1.70. The number of benzene rings is 1. The maximum atomic E-state index is 5.17. The highest BCUT2D eigenvalue weighted by Gasteiger charge is 2.04. The molecule has 0 unspecified atom stereocenters. The predicted molar refractivity (Wildman–Crippen MR) is 68.2 cm³/mol. The third kappa shape index (κ3) is 3.68. The van der Waals surface area contributed by atoms with Gasteiger partial charge in [0.25, 0.3) is 0 Å². The molecular formula is C12H16BrNO. The zero-order valence-corrected chi connectivity index (χ0v) is 10.7. The predicted octanol–water partition coefficient (Wildman–Crippen LogP) is 3.58. The average molecular weight is 270 g/mol. The van der Waals surface area contributed by atoms with E-state index >= 15 is 0 Å². The third-order valence-electron chi connectivity index (χ3n) is 2.05. The van der Waals surface area contributed by atoms with Gasteiger partial charge in [0.15, 0.2) is 0 Å². The minimum Gasteiger partial charge on any atom is -0.381 e. The van der Waals surface area contributed by atoms with Crippen LogP contribution in [-0.2, 0) is 11.3 Å². The minimum absolute atomic E-state index is 0.611. The Kier molecular flexibility index (Phi) is 5.43. The summed E-state index contributed by atoms with van der Waals surface area (Å²) in [5.41, 5.74) is 2.27. The Morgan fingerprint density at radius 1 is 1.47 bits per heavy atom. The van der Waals surface area contributed by atoms with E-state index in [2.05, 4.69) is 33.4 Å². The first kappa shape index (κ1) is 12.3. The third-order valence-corrected chi connectivity index (χ3v) is 2.80. The number of rotatable bonds is 5. The van der Waals surface area contributed by atoms with Crippen LogP contribution in [0.25, 0.3) is 0 Å². The van der Waals surface area contributed by atoms with Gasteiger partial charge in [-0.15, -0.1) is 0 Å². The number of nitrogens with one attached hydrogen (secondary N) is 1. The standard InChI is InChI=1S/C12H16BrNO/c1-3-4-8-14-12-7-5-6-11(13)10(12)9-15-2/h3-7,14H,8-9H2,1-2H3/b4-3+. The topological polar surface area (TPSA) is 21.3 Å². The van der Waals surface area contributed by atoms with Gasteiger partial charge in [-0.05, 0) is 19.1 Å². The van der Waals surface area contributed by atoms with Crippen LogP contribution in [0.3, 0.4) is 0 Å². The van der Waals surface area contributed by atoms with Gasteiger partial charge in [0.1, 0.15) is 0 Å². The number of methoxy groups -OCH3 is 1. The fourth-order valence-corrected chi connectivity index (χ4v) is 1.78. The molecule has 82 valence electrons. The van der Waals surface area contributed by atoms with Gasteiger partial charge in [-0.25, -0.2) is 0 Å². The molecule has 15 heavy (non-hydrogen) atoms. The summed E-state index contributed by atoms with van der Waals surface area (Å²) >= 11 is 3.52. The SMILES string of the molecule is C/C=C/CNc1cccc(Br)c1COC.